The van der Waals surface area contributed by atoms with Gasteiger partial charge in [0, 0.05) is 13.6 Å². The highest BCUT2D eigenvalue weighted by Gasteiger charge is 2.14. The van der Waals surface area contributed by atoms with Gasteiger partial charge in [-0.1, -0.05) is 6.07 Å². The van der Waals surface area contributed by atoms with Crippen molar-refractivity contribution in [1.29, 1.82) is 5.26 Å². The molecule has 0 fully saturated rings. The van der Waals surface area contributed by atoms with E-state index in [-0.39, 0.29) is 5.56 Å². The van der Waals surface area contributed by atoms with Gasteiger partial charge in [0.2, 0.25) is 5.88 Å². The number of rotatable bonds is 4. The Morgan fingerprint density at radius 2 is 2.25 bits per heavy atom. The summed E-state index contributed by atoms with van der Waals surface area (Å²) in [6.45, 7) is 2.28. The number of benzene rings is 1. The number of methoxy groups -OCH3 is 1. The van der Waals surface area contributed by atoms with Crippen LogP contribution in [0, 0.1) is 24.1 Å². The molecule has 104 valence electrons. The highest BCUT2D eigenvalue weighted by molar-refractivity contribution is 5.58. The van der Waals surface area contributed by atoms with Crippen molar-refractivity contribution in [3.63, 3.8) is 0 Å². The number of nitrogens with zero attached hydrogens (tertiary/aromatic N) is 3. The zero-order valence-corrected chi connectivity index (χ0v) is 11.6. The van der Waals surface area contributed by atoms with Gasteiger partial charge in [-0.25, -0.2) is 9.07 Å². The lowest BCUT2D eigenvalue weighted by Crippen LogP contribution is -2.05. The lowest BCUT2D eigenvalue weighted by molar-refractivity contribution is 0.370. The first-order valence-electron chi connectivity index (χ1n) is 6.07. The number of anilines is 1. The molecule has 0 aliphatic heterocycles. The molecule has 0 atom stereocenters. The highest BCUT2D eigenvalue weighted by atomic mass is 19.1. The lowest BCUT2D eigenvalue weighted by Gasteiger charge is -2.09. The summed E-state index contributed by atoms with van der Waals surface area (Å²) in [6, 6.07) is 6.35. The first kappa shape index (κ1) is 13.9. The van der Waals surface area contributed by atoms with Crippen molar-refractivity contribution < 1.29 is 9.13 Å². The van der Waals surface area contributed by atoms with Crippen LogP contribution in [0.25, 0.3) is 0 Å². The van der Waals surface area contributed by atoms with Crippen LogP contribution in [0.5, 0.6) is 5.88 Å². The fraction of sp³-hybridized carbons (Fsp3) is 0.286. The molecule has 0 aliphatic rings. The molecule has 6 heteroatoms. The quantitative estimate of drug-likeness (QED) is 0.929. The molecule has 0 saturated carbocycles. The summed E-state index contributed by atoms with van der Waals surface area (Å²) >= 11 is 0. The molecule has 0 saturated heterocycles. The molecule has 0 spiro atoms. The number of aromatic nitrogens is 2. The summed E-state index contributed by atoms with van der Waals surface area (Å²) in [5, 5.41) is 16.3. The molecular formula is C14H15FN4O. The SMILES string of the molecule is COc1c(CNc2cccc(F)c2C#N)c(C)nn1C. The number of nitrogens with one attached hydrogen (secondary N) is 1. The van der Waals surface area contributed by atoms with Crippen LogP contribution < -0.4 is 10.1 Å². The number of halogens is 1. The molecule has 2 aromatic rings. The summed E-state index contributed by atoms with van der Waals surface area (Å²) in [7, 11) is 3.36. The van der Waals surface area contributed by atoms with Crippen LogP contribution in [-0.4, -0.2) is 16.9 Å². The van der Waals surface area contributed by atoms with E-state index in [9.17, 15) is 4.39 Å². The largest absolute Gasteiger partial charge is 0.481 e. The second-order valence-corrected chi connectivity index (χ2v) is 4.32. The van der Waals surface area contributed by atoms with Crippen LogP contribution in [0.2, 0.25) is 0 Å². The minimum Gasteiger partial charge on any atom is -0.481 e. The Balaban J connectivity index is 2.26. The zero-order valence-electron chi connectivity index (χ0n) is 11.6. The standard InChI is InChI=1S/C14H15FN4O/c1-9-11(14(20-3)19(2)18-9)8-17-13-6-4-5-12(15)10(13)7-16/h4-6,17H,8H2,1-3H3. The first-order chi connectivity index (χ1) is 9.58. The lowest BCUT2D eigenvalue weighted by atomic mass is 10.1. The van der Waals surface area contributed by atoms with Crippen molar-refractivity contribution in [1.82, 2.24) is 9.78 Å². The Labute approximate surface area is 116 Å². The first-order valence-corrected chi connectivity index (χ1v) is 6.07. The molecule has 1 heterocycles. The van der Waals surface area contributed by atoms with Gasteiger partial charge in [-0.3, -0.25) is 0 Å². The van der Waals surface area contributed by atoms with E-state index >= 15 is 0 Å². The highest BCUT2D eigenvalue weighted by Crippen LogP contribution is 2.24. The second kappa shape index (κ2) is 5.61. The zero-order chi connectivity index (χ0) is 14.7. The molecular weight excluding hydrogens is 259 g/mol. The van der Waals surface area contributed by atoms with E-state index in [4.69, 9.17) is 10.00 Å². The number of hydrogen-bond donors (Lipinski definition) is 1. The normalized spacial score (nSPS) is 10.2. The van der Waals surface area contributed by atoms with E-state index < -0.39 is 5.82 Å². The summed E-state index contributed by atoms with van der Waals surface area (Å²) in [5.41, 5.74) is 2.17. The van der Waals surface area contributed by atoms with Gasteiger partial charge in [-0.05, 0) is 19.1 Å². The molecule has 0 bridgehead atoms. The Morgan fingerprint density at radius 1 is 1.50 bits per heavy atom. The average molecular weight is 274 g/mol. The van der Waals surface area contributed by atoms with Crippen molar-refractivity contribution in [2.24, 2.45) is 7.05 Å². The van der Waals surface area contributed by atoms with E-state index in [1.807, 2.05) is 13.0 Å². The maximum Gasteiger partial charge on any atom is 0.216 e. The molecule has 1 N–H and O–H groups in total. The summed E-state index contributed by atoms with van der Waals surface area (Å²) in [6.07, 6.45) is 0. The third-order valence-electron chi connectivity index (χ3n) is 3.06. The van der Waals surface area contributed by atoms with Gasteiger partial charge in [-0.2, -0.15) is 10.4 Å². The fourth-order valence-electron chi connectivity index (χ4n) is 2.11. The predicted molar refractivity (Wildman–Crippen MR) is 72.9 cm³/mol. The van der Waals surface area contributed by atoms with Gasteiger partial charge in [0.25, 0.3) is 0 Å². The molecule has 0 amide bonds. The Morgan fingerprint density at radius 3 is 2.90 bits per heavy atom. The molecule has 0 radical (unpaired) electrons. The molecule has 5 nitrogen and oxygen atoms in total. The van der Waals surface area contributed by atoms with E-state index in [1.54, 1.807) is 31.0 Å². The van der Waals surface area contributed by atoms with E-state index in [2.05, 4.69) is 10.4 Å². The van der Waals surface area contributed by atoms with E-state index in [0.29, 0.717) is 18.1 Å². The fourth-order valence-corrected chi connectivity index (χ4v) is 2.11. The number of ether oxygens (including phenoxy) is 1. The van der Waals surface area contributed by atoms with E-state index in [0.717, 1.165) is 11.3 Å². The van der Waals surface area contributed by atoms with Crippen molar-refractivity contribution in [3.8, 4) is 11.9 Å². The smallest absolute Gasteiger partial charge is 0.216 e. The summed E-state index contributed by atoms with van der Waals surface area (Å²) < 4.78 is 20.4. The Hall–Kier alpha value is -2.55. The van der Waals surface area contributed by atoms with Crippen molar-refractivity contribution >= 4 is 5.69 Å². The molecule has 0 unspecified atom stereocenters. The third-order valence-corrected chi connectivity index (χ3v) is 3.06. The number of aryl methyl sites for hydroxylation is 2. The molecule has 20 heavy (non-hydrogen) atoms. The Kier molecular flexibility index (Phi) is 3.89. The Bertz CT molecular complexity index is 673. The van der Waals surface area contributed by atoms with Gasteiger partial charge in [0.1, 0.15) is 17.4 Å². The minimum absolute atomic E-state index is 0.00742. The van der Waals surface area contributed by atoms with E-state index in [1.165, 1.54) is 6.07 Å². The van der Waals surface area contributed by atoms with Gasteiger partial charge in [-0.15, -0.1) is 0 Å². The van der Waals surface area contributed by atoms with Crippen LogP contribution in [0.4, 0.5) is 10.1 Å². The van der Waals surface area contributed by atoms with Gasteiger partial charge in [0.05, 0.1) is 24.1 Å². The van der Waals surface area contributed by atoms with Crippen LogP contribution in [0.3, 0.4) is 0 Å². The summed E-state index contributed by atoms with van der Waals surface area (Å²) in [4.78, 5) is 0. The number of hydrogen-bond acceptors (Lipinski definition) is 4. The van der Waals surface area contributed by atoms with Gasteiger partial charge >= 0.3 is 0 Å². The predicted octanol–water partition coefficient (Wildman–Crippen LogP) is 2.36. The van der Waals surface area contributed by atoms with Gasteiger partial charge < -0.3 is 10.1 Å². The third kappa shape index (κ3) is 2.43. The van der Waals surface area contributed by atoms with Crippen molar-refractivity contribution in [2.75, 3.05) is 12.4 Å². The maximum absolute atomic E-state index is 13.5. The van der Waals surface area contributed by atoms with Gasteiger partial charge in [0.15, 0.2) is 0 Å². The molecule has 1 aromatic heterocycles. The van der Waals surface area contributed by atoms with Crippen LogP contribution in [0.1, 0.15) is 16.8 Å². The minimum atomic E-state index is -0.535. The van der Waals surface area contributed by atoms with Crippen molar-refractivity contribution in [2.45, 2.75) is 13.5 Å². The van der Waals surface area contributed by atoms with Crippen LogP contribution in [-0.2, 0) is 13.6 Å². The second-order valence-electron chi connectivity index (χ2n) is 4.32. The molecule has 2 rings (SSSR count). The topological polar surface area (TPSA) is 62.9 Å². The van der Waals surface area contributed by atoms with Crippen LogP contribution in [0.15, 0.2) is 18.2 Å². The summed E-state index contributed by atoms with van der Waals surface area (Å²) in [5.74, 6) is 0.109. The molecule has 1 aromatic carbocycles. The maximum atomic E-state index is 13.5. The monoisotopic (exact) mass is 274 g/mol. The molecule has 0 aliphatic carbocycles. The average Bonchev–Trinajstić information content (AvgIpc) is 2.70. The van der Waals surface area contributed by atoms with Crippen LogP contribution >= 0.6 is 0 Å². The number of nitriles is 1. The van der Waals surface area contributed by atoms with Crippen molar-refractivity contribution in [3.05, 3.63) is 40.8 Å².